The largest absolute Gasteiger partial charge is 0.338 e. The van der Waals surface area contributed by atoms with Gasteiger partial charge in [0.25, 0.3) is 0 Å². The van der Waals surface area contributed by atoms with Crippen LogP contribution in [0.2, 0.25) is 0 Å². The molecule has 0 heterocycles. The third-order valence-electron chi connectivity index (χ3n) is 2.07. The van der Waals surface area contributed by atoms with Crippen LogP contribution in [-0.2, 0) is 0 Å². The number of rotatable bonds is 5. The van der Waals surface area contributed by atoms with Crippen LogP contribution >= 0.6 is 0 Å². The lowest BCUT2D eigenvalue weighted by Gasteiger charge is -2.05. The fraction of sp³-hybridized carbons (Fsp3) is 0.500. The van der Waals surface area contributed by atoms with Crippen molar-refractivity contribution in [2.24, 2.45) is 0 Å². The summed E-state index contributed by atoms with van der Waals surface area (Å²) in [5.74, 6) is 0. The molecule has 102 valence electrons. The number of anilines is 1. The van der Waals surface area contributed by atoms with Gasteiger partial charge in [-0.25, -0.2) is 4.79 Å². The van der Waals surface area contributed by atoms with Crippen LogP contribution in [0.15, 0.2) is 30.3 Å². The molecule has 0 saturated carbocycles. The number of amides is 2. The van der Waals surface area contributed by atoms with Crippen LogP contribution in [0.5, 0.6) is 0 Å². The van der Waals surface area contributed by atoms with Crippen molar-refractivity contribution in [1.82, 2.24) is 10.6 Å². The first-order valence-corrected chi connectivity index (χ1v) is 6.55. The molecule has 0 saturated heterocycles. The Bertz CT molecular complexity index is 299. The van der Waals surface area contributed by atoms with Crippen molar-refractivity contribution in [2.45, 2.75) is 27.2 Å². The number of para-hydroxylation sites is 1. The molecule has 1 aromatic rings. The van der Waals surface area contributed by atoms with E-state index in [1.54, 1.807) is 0 Å². The Balaban J connectivity index is 0.000000494. The number of carbonyl (C=O) groups is 1. The van der Waals surface area contributed by atoms with Gasteiger partial charge in [-0.05, 0) is 31.6 Å². The standard InChI is InChI=1S/C10H14N2O.C4H11N/c1-2-8-11-10(13)12-9-6-4-3-5-7-9;1-3-5-4-2/h3-7H,2,8H2,1H3,(H2,11,12,13);5H,3-4H2,1-2H3. The van der Waals surface area contributed by atoms with Crippen molar-refractivity contribution in [3.8, 4) is 0 Å². The minimum absolute atomic E-state index is 0.145. The highest BCUT2D eigenvalue weighted by molar-refractivity contribution is 5.89. The van der Waals surface area contributed by atoms with E-state index in [4.69, 9.17) is 0 Å². The van der Waals surface area contributed by atoms with E-state index in [2.05, 4.69) is 29.8 Å². The van der Waals surface area contributed by atoms with Crippen LogP contribution in [-0.4, -0.2) is 25.7 Å². The molecule has 0 radical (unpaired) electrons. The zero-order valence-corrected chi connectivity index (χ0v) is 11.6. The second-order valence-electron chi connectivity index (χ2n) is 3.70. The van der Waals surface area contributed by atoms with E-state index in [0.717, 1.165) is 25.2 Å². The van der Waals surface area contributed by atoms with Gasteiger partial charge in [-0.2, -0.15) is 0 Å². The van der Waals surface area contributed by atoms with Gasteiger partial charge in [0, 0.05) is 12.2 Å². The van der Waals surface area contributed by atoms with Crippen molar-refractivity contribution in [1.29, 1.82) is 0 Å². The predicted octanol–water partition coefficient (Wildman–Crippen LogP) is 2.83. The Morgan fingerprint density at radius 1 is 1.06 bits per heavy atom. The molecular weight excluding hydrogens is 226 g/mol. The van der Waals surface area contributed by atoms with Crippen molar-refractivity contribution in [3.63, 3.8) is 0 Å². The average molecular weight is 251 g/mol. The van der Waals surface area contributed by atoms with E-state index in [1.165, 1.54) is 0 Å². The van der Waals surface area contributed by atoms with Crippen molar-refractivity contribution >= 4 is 11.7 Å². The summed E-state index contributed by atoms with van der Waals surface area (Å²) in [4.78, 5) is 11.1. The number of hydrogen-bond acceptors (Lipinski definition) is 2. The third kappa shape index (κ3) is 9.66. The first-order chi connectivity index (χ1) is 8.74. The van der Waals surface area contributed by atoms with Crippen molar-refractivity contribution in [2.75, 3.05) is 25.0 Å². The minimum Gasteiger partial charge on any atom is -0.338 e. The monoisotopic (exact) mass is 251 g/mol. The number of carbonyl (C=O) groups excluding carboxylic acids is 1. The zero-order chi connectivity index (χ0) is 13.6. The topological polar surface area (TPSA) is 53.2 Å². The Morgan fingerprint density at radius 3 is 2.11 bits per heavy atom. The van der Waals surface area contributed by atoms with E-state index in [0.29, 0.717) is 6.54 Å². The van der Waals surface area contributed by atoms with Crippen LogP contribution in [0.25, 0.3) is 0 Å². The van der Waals surface area contributed by atoms with Gasteiger partial charge in [0.2, 0.25) is 0 Å². The average Bonchev–Trinajstić information content (AvgIpc) is 2.39. The normalized spacial score (nSPS) is 9.06. The molecule has 0 aromatic heterocycles. The van der Waals surface area contributed by atoms with Gasteiger partial charge in [0.15, 0.2) is 0 Å². The Hall–Kier alpha value is -1.55. The smallest absolute Gasteiger partial charge is 0.319 e. The van der Waals surface area contributed by atoms with E-state index in [-0.39, 0.29) is 6.03 Å². The van der Waals surface area contributed by atoms with E-state index in [9.17, 15) is 4.79 Å². The van der Waals surface area contributed by atoms with Crippen LogP contribution in [0, 0.1) is 0 Å². The number of urea groups is 1. The maximum atomic E-state index is 11.1. The fourth-order valence-electron chi connectivity index (χ4n) is 1.19. The summed E-state index contributed by atoms with van der Waals surface area (Å²) < 4.78 is 0. The lowest BCUT2D eigenvalue weighted by Crippen LogP contribution is -2.29. The highest BCUT2D eigenvalue weighted by atomic mass is 16.2. The first kappa shape index (κ1) is 16.4. The molecule has 0 fully saturated rings. The van der Waals surface area contributed by atoms with Crippen LogP contribution in [0.3, 0.4) is 0 Å². The summed E-state index contributed by atoms with van der Waals surface area (Å²) in [7, 11) is 0. The molecule has 1 rings (SSSR count). The molecule has 0 atom stereocenters. The lowest BCUT2D eigenvalue weighted by molar-refractivity contribution is 0.252. The Kier molecular flexibility index (Phi) is 10.9. The van der Waals surface area contributed by atoms with Gasteiger partial charge in [-0.15, -0.1) is 0 Å². The highest BCUT2D eigenvalue weighted by Gasteiger charge is 1.97. The van der Waals surface area contributed by atoms with Gasteiger partial charge in [-0.1, -0.05) is 39.0 Å². The molecule has 0 bridgehead atoms. The minimum atomic E-state index is -0.145. The van der Waals surface area contributed by atoms with Crippen molar-refractivity contribution in [3.05, 3.63) is 30.3 Å². The molecule has 0 aliphatic rings. The summed E-state index contributed by atoms with van der Waals surface area (Å²) in [5.41, 5.74) is 0.816. The van der Waals surface area contributed by atoms with Gasteiger partial charge in [0.05, 0.1) is 0 Å². The molecule has 1 aromatic carbocycles. The quantitative estimate of drug-likeness (QED) is 0.753. The molecular formula is C14H25N3O. The number of hydrogen-bond donors (Lipinski definition) is 3. The van der Waals surface area contributed by atoms with Gasteiger partial charge < -0.3 is 16.0 Å². The maximum Gasteiger partial charge on any atom is 0.319 e. The lowest BCUT2D eigenvalue weighted by atomic mass is 10.3. The Labute approximate surface area is 110 Å². The summed E-state index contributed by atoms with van der Waals surface area (Å²) >= 11 is 0. The van der Waals surface area contributed by atoms with Gasteiger partial charge in [-0.3, -0.25) is 0 Å². The maximum absolute atomic E-state index is 11.1. The highest BCUT2D eigenvalue weighted by Crippen LogP contribution is 2.03. The summed E-state index contributed by atoms with van der Waals surface area (Å²) in [6.45, 7) is 9.11. The number of benzene rings is 1. The van der Waals surface area contributed by atoms with Gasteiger partial charge in [0.1, 0.15) is 0 Å². The number of nitrogens with one attached hydrogen (secondary N) is 3. The van der Waals surface area contributed by atoms with Crippen molar-refractivity contribution < 1.29 is 4.79 Å². The van der Waals surface area contributed by atoms with Gasteiger partial charge >= 0.3 is 6.03 Å². The van der Waals surface area contributed by atoms with E-state index < -0.39 is 0 Å². The SMILES string of the molecule is CCCNC(=O)Nc1ccccc1.CCNCC. The summed E-state index contributed by atoms with van der Waals surface area (Å²) in [6, 6.07) is 9.24. The molecule has 4 heteroatoms. The van der Waals surface area contributed by atoms with Crippen LogP contribution in [0.1, 0.15) is 27.2 Å². The van der Waals surface area contributed by atoms with Crippen LogP contribution in [0.4, 0.5) is 10.5 Å². The Morgan fingerprint density at radius 2 is 1.67 bits per heavy atom. The molecule has 0 aliphatic heterocycles. The molecule has 3 N–H and O–H groups in total. The first-order valence-electron chi connectivity index (χ1n) is 6.55. The molecule has 0 spiro atoms. The molecule has 18 heavy (non-hydrogen) atoms. The summed E-state index contributed by atoms with van der Waals surface area (Å²) in [5, 5.41) is 8.57. The fourth-order valence-corrected chi connectivity index (χ4v) is 1.19. The molecule has 0 unspecified atom stereocenters. The van der Waals surface area contributed by atoms with E-state index >= 15 is 0 Å². The molecule has 0 aliphatic carbocycles. The molecule has 2 amide bonds. The second-order valence-corrected chi connectivity index (χ2v) is 3.70. The zero-order valence-electron chi connectivity index (χ0n) is 11.6. The third-order valence-corrected chi connectivity index (χ3v) is 2.07. The van der Waals surface area contributed by atoms with E-state index in [1.807, 2.05) is 37.3 Å². The summed E-state index contributed by atoms with van der Waals surface area (Å²) in [6.07, 6.45) is 0.947. The second kappa shape index (κ2) is 11.9. The molecule has 4 nitrogen and oxygen atoms in total. The van der Waals surface area contributed by atoms with Crippen LogP contribution < -0.4 is 16.0 Å². The predicted molar refractivity (Wildman–Crippen MR) is 78.0 cm³/mol.